The second-order valence-electron chi connectivity index (χ2n) is 6.56. The summed E-state index contributed by atoms with van der Waals surface area (Å²) in [5.41, 5.74) is 1.37. The van der Waals surface area contributed by atoms with Gasteiger partial charge in [-0.1, -0.05) is 37.3 Å². The number of piperidine rings is 1. The molecule has 0 radical (unpaired) electrons. The van der Waals surface area contributed by atoms with Crippen LogP contribution in [0.4, 0.5) is 0 Å². The Hall–Kier alpha value is -1.35. The van der Waals surface area contributed by atoms with Crippen molar-refractivity contribution in [2.75, 3.05) is 13.1 Å². The highest BCUT2D eigenvalue weighted by molar-refractivity contribution is 5.82. The first-order valence-corrected chi connectivity index (χ1v) is 8.34. The number of carbonyl (C=O) groups excluding carboxylic acids is 1. The van der Waals surface area contributed by atoms with Crippen molar-refractivity contribution in [2.45, 2.75) is 57.0 Å². The molecule has 3 rings (SSSR count). The highest BCUT2D eigenvalue weighted by atomic mass is 16.2. The molecule has 2 aliphatic rings. The first-order valence-electron chi connectivity index (χ1n) is 8.34. The SMILES string of the molecule is CC(CCN1CCCC(NC2CC2)C1=O)c1ccccc1. The third kappa shape index (κ3) is 3.85. The molecule has 114 valence electrons. The van der Waals surface area contributed by atoms with Gasteiger partial charge in [0, 0.05) is 19.1 Å². The fourth-order valence-corrected chi connectivity index (χ4v) is 3.15. The minimum Gasteiger partial charge on any atom is -0.341 e. The quantitative estimate of drug-likeness (QED) is 0.872. The molecule has 1 saturated heterocycles. The van der Waals surface area contributed by atoms with E-state index in [1.807, 2.05) is 0 Å². The molecule has 0 aromatic heterocycles. The molecular weight excluding hydrogens is 260 g/mol. The molecule has 21 heavy (non-hydrogen) atoms. The van der Waals surface area contributed by atoms with Crippen LogP contribution in [0.15, 0.2) is 30.3 Å². The van der Waals surface area contributed by atoms with E-state index in [9.17, 15) is 4.79 Å². The summed E-state index contributed by atoms with van der Waals surface area (Å²) in [6, 6.07) is 11.3. The first-order chi connectivity index (χ1) is 10.2. The van der Waals surface area contributed by atoms with Crippen LogP contribution < -0.4 is 5.32 Å². The maximum atomic E-state index is 12.5. The molecule has 1 aromatic rings. The average Bonchev–Trinajstić information content (AvgIpc) is 3.33. The van der Waals surface area contributed by atoms with Gasteiger partial charge in [0.05, 0.1) is 6.04 Å². The highest BCUT2D eigenvalue weighted by Crippen LogP contribution is 2.24. The summed E-state index contributed by atoms with van der Waals surface area (Å²) in [5, 5.41) is 3.50. The fraction of sp³-hybridized carbons (Fsp3) is 0.611. The molecule has 1 saturated carbocycles. The van der Waals surface area contributed by atoms with E-state index in [2.05, 4.69) is 47.5 Å². The van der Waals surface area contributed by atoms with E-state index >= 15 is 0 Å². The Morgan fingerprint density at radius 2 is 2.00 bits per heavy atom. The normalized spacial score (nSPS) is 24.1. The zero-order valence-corrected chi connectivity index (χ0v) is 12.9. The molecular formula is C18H26N2O. The lowest BCUT2D eigenvalue weighted by atomic mass is 9.96. The molecule has 3 heteroatoms. The van der Waals surface area contributed by atoms with Gasteiger partial charge in [0.15, 0.2) is 0 Å². The van der Waals surface area contributed by atoms with Gasteiger partial charge in [0.2, 0.25) is 5.91 Å². The van der Waals surface area contributed by atoms with Crippen molar-refractivity contribution in [1.29, 1.82) is 0 Å². The van der Waals surface area contributed by atoms with E-state index in [-0.39, 0.29) is 6.04 Å². The molecule has 3 nitrogen and oxygen atoms in total. The van der Waals surface area contributed by atoms with Gasteiger partial charge in [-0.15, -0.1) is 0 Å². The lowest BCUT2D eigenvalue weighted by Crippen LogP contribution is -2.51. The lowest BCUT2D eigenvalue weighted by Gasteiger charge is -2.33. The molecule has 2 fully saturated rings. The third-order valence-electron chi connectivity index (χ3n) is 4.75. The van der Waals surface area contributed by atoms with Gasteiger partial charge in [-0.05, 0) is 43.6 Å². The van der Waals surface area contributed by atoms with Gasteiger partial charge in [-0.25, -0.2) is 0 Å². The number of nitrogens with one attached hydrogen (secondary N) is 1. The maximum Gasteiger partial charge on any atom is 0.239 e. The molecule has 1 heterocycles. The summed E-state index contributed by atoms with van der Waals surface area (Å²) in [5.74, 6) is 0.837. The van der Waals surface area contributed by atoms with E-state index in [0.717, 1.165) is 32.4 Å². The number of nitrogens with zero attached hydrogens (tertiary/aromatic N) is 1. The minimum atomic E-state index is 0.0817. The van der Waals surface area contributed by atoms with Crippen LogP contribution in [-0.4, -0.2) is 36.0 Å². The summed E-state index contributed by atoms with van der Waals surface area (Å²) in [6.45, 7) is 4.07. The van der Waals surface area contributed by atoms with Crippen molar-refractivity contribution in [1.82, 2.24) is 10.2 Å². The number of hydrogen-bond acceptors (Lipinski definition) is 2. The van der Waals surface area contributed by atoms with Crippen molar-refractivity contribution < 1.29 is 4.79 Å². The van der Waals surface area contributed by atoms with Crippen LogP contribution in [0.3, 0.4) is 0 Å². The Labute approximate surface area is 127 Å². The number of rotatable bonds is 6. The van der Waals surface area contributed by atoms with Gasteiger partial charge in [0.1, 0.15) is 0 Å². The molecule has 2 atom stereocenters. The Morgan fingerprint density at radius 3 is 2.71 bits per heavy atom. The van der Waals surface area contributed by atoms with Crippen LogP contribution in [0.25, 0.3) is 0 Å². The van der Waals surface area contributed by atoms with Crippen LogP contribution in [0.1, 0.15) is 50.5 Å². The van der Waals surface area contributed by atoms with E-state index in [1.54, 1.807) is 0 Å². The van der Waals surface area contributed by atoms with Crippen molar-refractivity contribution in [2.24, 2.45) is 0 Å². The minimum absolute atomic E-state index is 0.0817. The maximum absolute atomic E-state index is 12.5. The summed E-state index contributed by atoms with van der Waals surface area (Å²) in [4.78, 5) is 14.6. The Bertz CT molecular complexity index is 469. The molecule has 1 aromatic carbocycles. The lowest BCUT2D eigenvalue weighted by molar-refractivity contribution is -0.136. The molecule has 1 N–H and O–H groups in total. The summed E-state index contributed by atoms with van der Waals surface area (Å²) >= 11 is 0. The van der Waals surface area contributed by atoms with Crippen molar-refractivity contribution in [3.05, 3.63) is 35.9 Å². The topological polar surface area (TPSA) is 32.3 Å². The van der Waals surface area contributed by atoms with Gasteiger partial charge in [-0.3, -0.25) is 4.79 Å². The van der Waals surface area contributed by atoms with Crippen LogP contribution >= 0.6 is 0 Å². The number of benzene rings is 1. The highest BCUT2D eigenvalue weighted by Gasteiger charge is 2.33. The second kappa shape index (κ2) is 6.61. The zero-order chi connectivity index (χ0) is 14.7. The number of carbonyl (C=O) groups is 1. The predicted octanol–water partition coefficient (Wildman–Crippen LogP) is 2.92. The van der Waals surface area contributed by atoms with Crippen LogP contribution in [0.5, 0.6) is 0 Å². The molecule has 1 amide bonds. The fourth-order valence-electron chi connectivity index (χ4n) is 3.15. The standard InChI is InChI=1S/C18H26N2O/c1-14(15-6-3-2-4-7-15)11-13-20-12-5-8-17(18(20)21)19-16-9-10-16/h2-4,6-7,14,16-17,19H,5,8-13H2,1H3. The van der Waals surface area contributed by atoms with Gasteiger partial charge < -0.3 is 10.2 Å². The summed E-state index contributed by atoms with van der Waals surface area (Å²) < 4.78 is 0. The van der Waals surface area contributed by atoms with E-state index in [4.69, 9.17) is 0 Å². The Kier molecular flexibility index (Phi) is 4.59. The van der Waals surface area contributed by atoms with E-state index < -0.39 is 0 Å². The second-order valence-corrected chi connectivity index (χ2v) is 6.56. The average molecular weight is 286 g/mol. The number of likely N-dealkylation sites (tertiary alicyclic amines) is 1. The third-order valence-corrected chi connectivity index (χ3v) is 4.75. The molecule has 0 bridgehead atoms. The summed E-state index contributed by atoms with van der Waals surface area (Å²) in [7, 11) is 0. The Morgan fingerprint density at radius 1 is 1.24 bits per heavy atom. The predicted molar refractivity (Wildman–Crippen MR) is 85.2 cm³/mol. The molecule has 1 aliphatic carbocycles. The Balaban J connectivity index is 1.50. The van der Waals surface area contributed by atoms with Crippen LogP contribution in [0, 0.1) is 0 Å². The van der Waals surface area contributed by atoms with Crippen molar-refractivity contribution >= 4 is 5.91 Å². The number of hydrogen-bond donors (Lipinski definition) is 1. The largest absolute Gasteiger partial charge is 0.341 e. The monoisotopic (exact) mass is 286 g/mol. The van der Waals surface area contributed by atoms with Crippen molar-refractivity contribution in [3.63, 3.8) is 0 Å². The number of amides is 1. The zero-order valence-electron chi connectivity index (χ0n) is 12.9. The van der Waals surface area contributed by atoms with E-state index in [0.29, 0.717) is 17.9 Å². The first kappa shape index (κ1) is 14.6. The summed E-state index contributed by atoms with van der Waals surface area (Å²) in [6.07, 6.45) is 5.69. The van der Waals surface area contributed by atoms with Crippen LogP contribution in [0.2, 0.25) is 0 Å². The van der Waals surface area contributed by atoms with Gasteiger partial charge in [0.25, 0.3) is 0 Å². The van der Waals surface area contributed by atoms with Gasteiger partial charge >= 0.3 is 0 Å². The van der Waals surface area contributed by atoms with Crippen molar-refractivity contribution in [3.8, 4) is 0 Å². The van der Waals surface area contributed by atoms with Gasteiger partial charge in [-0.2, -0.15) is 0 Å². The molecule has 1 aliphatic heterocycles. The molecule has 0 spiro atoms. The smallest absolute Gasteiger partial charge is 0.239 e. The van der Waals surface area contributed by atoms with E-state index in [1.165, 1.54) is 18.4 Å². The van der Waals surface area contributed by atoms with Crippen LogP contribution in [-0.2, 0) is 4.79 Å². The molecule has 2 unspecified atom stereocenters.